The molecular formula is C27H34ClF4N3O6S. The van der Waals surface area contributed by atoms with E-state index in [1.165, 1.54) is 16.8 Å². The molecule has 1 heterocycles. The number of alkyl halides is 4. The molecule has 2 aromatic rings. The van der Waals surface area contributed by atoms with Gasteiger partial charge in [0.15, 0.2) is 5.69 Å². The van der Waals surface area contributed by atoms with Crippen molar-refractivity contribution in [1.82, 2.24) is 15.1 Å². The summed E-state index contributed by atoms with van der Waals surface area (Å²) in [5.74, 6) is -4.04. The summed E-state index contributed by atoms with van der Waals surface area (Å²) in [4.78, 5) is 13.1. The number of aliphatic hydroxyl groups is 2. The number of nitrogens with one attached hydrogen (secondary N) is 1. The maximum atomic E-state index is 13.7. The molecule has 2 aliphatic rings. The molecule has 9 nitrogen and oxygen atoms in total. The van der Waals surface area contributed by atoms with E-state index in [0.29, 0.717) is 0 Å². The fourth-order valence-electron chi connectivity index (χ4n) is 5.65. The second kappa shape index (κ2) is 11.9. The third-order valence-electron chi connectivity index (χ3n) is 8.25. The number of halogens is 5. The first-order valence-corrected chi connectivity index (χ1v) is 16.0. The van der Waals surface area contributed by atoms with E-state index in [2.05, 4.69) is 10.4 Å². The zero-order valence-corrected chi connectivity index (χ0v) is 24.8. The van der Waals surface area contributed by atoms with E-state index in [1.54, 1.807) is 6.92 Å². The predicted octanol–water partition coefficient (Wildman–Crippen LogP) is 4.67. The van der Waals surface area contributed by atoms with Crippen molar-refractivity contribution < 1.29 is 45.7 Å². The number of aryl methyl sites for hydroxylation is 1. The van der Waals surface area contributed by atoms with Crippen LogP contribution in [0, 0.1) is 0 Å². The number of nitrogens with zero attached hydrogens (tertiary/aromatic N) is 2. The molecule has 1 amide bonds. The number of ether oxygens (including phenoxy) is 1. The maximum absolute atomic E-state index is 13.7. The number of amides is 1. The van der Waals surface area contributed by atoms with Crippen LogP contribution in [0.25, 0.3) is 11.3 Å². The van der Waals surface area contributed by atoms with Gasteiger partial charge in [0.05, 0.1) is 27.2 Å². The Kier molecular flexibility index (Phi) is 9.23. The Hall–Kier alpha value is -2.42. The van der Waals surface area contributed by atoms with Gasteiger partial charge in [0.2, 0.25) is 5.92 Å². The monoisotopic (exact) mass is 639 g/mol. The van der Waals surface area contributed by atoms with Crippen LogP contribution in [-0.4, -0.2) is 70.5 Å². The first-order valence-electron chi connectivity index (χ1n) is 13.6. The molecule has 15 heteroatoms. The first-order chi connectivity index (χ1) is 19.5. The van der Waals surface area contributed by atoms with Gasteiger partial charge in [0.1, 0.15) is 15.6 Å². The number of sulfone groups is 1. The van der Waals surface area contributed by atoms with E-state index >= 15 is 0 Å². The summed E-state index contributed by atoms with van der Waals surface area (Å²) in [7, 11) is -3.25. The highest BCUT2D eigenvalue weighted by atomic mass is 35.5. The molecule has 1 aromatic carbocycles. The van der Waals surface area contributed by atoms with E-state index < -0.39 is 57.6 Å². The summed E-state index contributed by atoms with van der Waals surface area (Å²) in [5.41, 5.74) is -2.96. The normalized spacial score (nSPS) is 24.0. The van der Waals surface area contributed by atoms with E-state index in [0.717, 1.165) is 12.3 Å². The lowest BCUT2D eigenvalue weighted by molar-refractivity contribution is -0.107. The molecule has 2 aliphatic carbocycles. The average Bonchev–Trinajstić information content (AvgIpc) is 3.24. The van der Waals surface area contributed by atoms with Gasteiger partial charge < -0.3 is 20.3 Å². The van der Waals surface area contributed by atoms with Crippen molar-refractivity contribution in [3.05, 3.63) is 34.5 Å². The molecule has 4 rings (SSSR count). The Morgan fingerprint density at radius 3 is 2.33 bits per heavy atom. The molecule has 0 radical (unpaired) electrons. The molecule has 234 valence electrons. The van der Waals surface area contributed by atoms with Gasteiger partial charge in [0.25, 0.3) is 5.91 Å². The van der Waals surface area contributed by atoms with E-state index in [9.17, 15) is 41.0 Å². The number of carbonyl (C=O) groups is 1. The Labute approximate surface area is 246 Å². The molecule has 0 spiro atoms. The second-order valence-corrected chi connectivity index (χ2v) is 13.9. The number of benzene rings is 1. The number of hydrogen-bond donors (Lipinski definition) is 3. The van der Waals surface area contributed by atoms with Crippen molar-refractivity contribution in [2.45, 2.75) is 93.8 Å². The summed E-state index contributed by atoms with van der Waals surface area (Å²) >= 11 is 6.57. The fourth-order valence-corrected chi connectivity index (χ4v) is 7.07. The van der Waals surface area contributed by atoms with Gasteiger partial charge in [-0.1, -0.05) is 17.7 Å². The molecule has 2 saturated carbocycles. The molecular weight excluding hydrogens is 606 g/mol. The van der Waals surface area contributed by atoms with E-state index in [4.69, 9.17) is 16.3 Å². The quantitative estimate of drug-likeness (QED) is 0.340. The van der Waals surface area contributed by atoms with E-state index in [1.807, 2.05) is 0 Å². The molecule has 3 N–H and O–H groups in total. The summed E-state index contributed by atoms with van der Waals surface area (Å²) < 4.78 is 84.0. The predicted molar refractivity (Wildman–Crippen MR) is 147 cm³/mol. The first kappa shape index (κ1) is 32.5. The maximum Gasteiger partial charge on any atom is 0.387 e. The Balaban J connectivity index is 1.59. The lowest BCUT2D eigenvalue weighted by Gasteiger charge is -2.36. The number of hydrogen-bond acceptors (Lipinski definition) is 7. The van der Waals surface area contributed by atoms with Crippen LogP contribution in [0.3, 0.4) is 0 Å². The highest BCUT2D eigenvalue weighted by Crippen LogP contribution is 2.46. The van der Waals surface area contributed by atoms with Gasteiger partial charge in [0, 0.05) is 37.8 Å². The number of carbonyl (C=O) groups excluding carboxylic acids is 1. The Morgan fingerprint density at radius 2 is 1.79 bits per heavy atom. The lowest BCUT2D eigenvalue weighted by Crippen LogP contribution is -2.47. The van der Waals surface area contributed by atoms with Crippen molar-refractivity contribution in [3.8, 4) is 17.0 Å². The van der Waals surface area contributed by atoms with Gasteiger partial charge in [-0.3, -0.25) is 9.48 Å². The summed E-state index contributed by atoms with van der Waals surface area (Å²) in [6.45, 7) is -1.58. The van der Waals surface area contributed by atoms with Crippen molar-refractivity contribution in [2.24, 2.45) is 0 Å². The SMILES string of the molecule is CCn1nc(C(=O)NC[C@]2(O)CC[C@@H](S(C)(=O)=O)CC2)c(Cl)c1-c1ccc(C2(O)CCC(F)(F)CC2)cc1OC(F)F. The molecule has 0 bridgehead atoms. The van der Waals surface area contributed by atoms with Crippen LogP contribution < -0.4 is 10.1 Å². The largest absolute Gasteiger partial charge is 0.434 e. The smallest absolute Gasteiger partial charge is 0.387 e. The van der Waals surface area contributed by atoms with Crippen LogP contribution in [0.1, 0.15) is 74.3 Å². The van der Waals surface area contributed by atoms with E-state index in [-0.39, 0.29) is 84.9 Å². The highest BCUT2D eigenvalue weighted by molar-refractivity contribution is 7.91. The van der Waals surface area contributed by atoms with Gasteiger partial charge >= 0.3 is 6.61 Å². The molecule has 0 unspecified atom stereocenters. The minimum absolute atomic E-state index is 0.0416. The summed E-state index contributed by atoms with van der Waals surface area (Å²) in [6.07, 6.45) is 0.322. The molecule has 1 aromatic heterocycles. The minimum Gasteiger partial charge on any atom is -0.434 e. The number of aromatic nitrogens is 2. The van der Waals surface area contributed by atoms with Crippen LogP contribution >= 0.6 is 11.6 Å². The Bertz CT molecular complexity index is 1420. The van der Waals surface area contributed by atoms with Gasteiger partial charge in [-0.2, -0.15) is 13.9 Å². The lowest BCUT2D eigenvalue weighted by atomic mass is 9.78. The fraction of sp³-hybridized carbons (Fsp3) is 0.630. The van der Waals surface area contributed by atoms with Crippen LogP contribution in [-0.2, 0) is 22.0 Å². The molecule has 0 aliphatic heterocycles. The second-order valence-electron chi connectivity index (χ2n) is 11.2. The van der Waals surface area contributed by atoms with Gasteiger partial charge in [-0.25, -0.2) is 17.2 Å². The van der Waals surface area contributed by atoms with Crippen molar-refractivity contribution >= 4 is 27.3 Å². The third-order valence-corrected chi connectivity index (χ3v) is 10.3. The zero-order valence-electron chi connectivity index (χ0n) is 23.2. The molecule has 42 heavy (non-hydrogen) atoms. The zero-order chi connectivity index (χ0) is 31.1. The minimum atomic E-state index is -3.26. The topological polar surface area (TPSA) is 131 Å². The van der Waals surface area contributed by atoms with Crippen LogP contribution in [0.15, 0.2) is 18.2 Å². The van der Waals surface area contributed by atoms with Crippen LogP contribution in [0.2, 0.25) is 5.02 Å². The van der Waals surface area contributed by atoms with Crippen molar-refractivity contribution in [2.75, 3.05) is 12.8 Å². The number of rotatable bonds is 9. The van der Waals surface area contributed by atoms with Gasteiger partial charge in [-0.15, -0.1) is 0 Å². The molecule has 2 fully saturated rings. The highest BCUT2D eigenvalue weighted by Gasteiger charge is 2.44. The molecule has 0 atom stereocenters. The summed E-state index contributed by atoms with van der Waals surface area (Å²) in [6, 6.07) is 3.94. The van der Waals surface area contributed by atoms with Crippen molar-refractivity contribution in [3.63, 3.8) is 0 Å². The standard InChI is InChI=1S/C27H34ClF4N3O6S/c1-3-35-22(18-5-4-16(14-19(18)41-24(29)30)26(38)10-12-27(31,32)13-11-26)20(28)21(34-35)23(36)33-15-25(37)8-6-17(7-9-25)42(2,39)40/h4-5,14,17,24,37-38H,3,6-13,15H2,1-2H3,(H,33,36)/t17-,25+. The molecule has 0 saturated heterocycles. The summed E-state index contributed by atoms with van der Waals surface area (Å²) in [5, 5.41) is 28.0. The Morgan fingerprint density at radius 1 is 1.17 bits per heavy atom. The van der Waals surface area contributed by atoms with Gasteiger partial charge in [-0.05, 0) is 63.1 Å². The van der Waals surface area contributed by atoms with Crippen LogP contribution in [0.4, 0.5) is 17.6 Å². The van der Waals surface area contributed by atoms with Crippen molar-refractivity contribution in [1.29, 1.82) is 0 Å². The third kappa shape index (κ3) is 7.03. The van der Waals surface area contributed by atoms with Crippen LogP contribution in [0.5, 0.6) is 5.75 Å². The average molecular weight is 640 g/mol.